The second kappa shape index (κ2) is 10.5. The quantitative estimate of drug-likeness (QED) is 0.426. The van der Waals surface area contributed by atoms with Crippen LogP contribution in [0.1, 0.15) is 67.4 Å². The Bertz CT molecular complexity index is 1690. The number of carboxylic acids is 1. The number of aromatic carboxylic acids is 1. The molecule has 2 N–H and O–H groups in total. The molecule has 2 aromatic heterocycles. The zero-order chi connectivity index (χ0) is 28.8. The molecule has 5 rings (SSSR count). The van der Waals surface area contributed by atoms with Crippen molar-refractivity contribution in [3.05, 3.63) is 44.6 Å². The topological polar surface area (TPSA) is 141 Å². The number of carboxylic acid groups (broad SMARTS) is 1. The molecule has 0 radical (unpaired) electrons. The maximum atomic E-state index is 13.8. The monoisotopic (exact) mass is 585 g/mol. The lowest BCUT2D eigenvalue weighted by molar-refractivity contribution is -0.121. The van der Waals surface area contributed by atoms with Gasteiger partial charge in [-0.3, -0.25) is 9.78 Å². The number of thiophene rings is 1. The highest BCUT2D eigenvalue weighted by molar-refractivity contribution is 7.89. The van der Waals surface area contributed by atoms with E-state index in [0.29, 0.717) is 4.88 Å². The molecule has 2 aliphatic rings. The number of nitrogens with one attached hydrogen (secondary N) is 1. The van der Waals surface area contributed by atoms with Gasteiger partial charge >= 0.3 is 11.7 Å². The number of carbonyl (C=O) groups excluding carboxylic acids is 1. The Hall–Kier alpha value is -3.40. The number of aromatic amines is 1. The molecule has 1 aliphatic heterocycles. The van der Waals surface area contributed by atoms with Gasteiger partial charge in [-0.15, -0.1) is 11.3 Å². The maximum Gasteiger partial charge on any atom is 0.417 e. The van der Waals surface area contributed by atoms with Crippen molar-refractivity contribution in [2.75, 3.05) is 18.0 Å². The molecule has 3 aromatic rings. The summed E-state index contributed by atoms with van der Waals surface area (Å²) in [7, 11) is -4.11. The Morgan fingerprint density at radius 3 is 2.55 bits per heavy atom. The minimum atomic E-state index is -4.11. The summed E-state index contributed by atoms with van der Waals surface area (Å²) in [5.74, 6) is 3.83. The summed E-state index contributed by atoms with van der Waals surface area (Å²) < 4.78 is 33.6. The standard InChI is InChI=1S/C28H31N3O7S2/c1-28(2,3)12-11-18-13-21(25(39-18)26(33)34)31-22(17-7-5-4-6-8-17)15-30(16-24(31)32)40(36,37)19-9-10-23-20(14-19)29-27(35)38-23/h9-10,13-14,17,22H,4-8,15-16H2,1-3H3,(H,29,35)(H,33,34). The SMILES string of the molecule is CC(C)(C)C#Cc1cc(N2C(=O)CN(S(=O)(=O)c3ccc4oc(=O)[nH]c4c3)CC2C2CCCCC2)c(C(=O)O)s1. The molecule has 0 bridgehead atoms. The zero-order valence-corrected chi connectivity index (χ0v) is 24.2. The summed E-state index contributed by atoms with van der Waals surface area (Å²) in [6, 6.07) is 5.19. The van der Waals surface area contributed by atoms with Crippen LogP contribution in [0.2, 0.25) is 0 Å². The lowest BCUT2D eigenvalue weighted by Gasteiger charge is -2.44. The van der Waals surface area contributed by atoms with Crippen LogP contribution in [-0.2, 0) is 14.8 Å². The molecule has 1 unspecified atom stereocenters. The van der Waals surface area contributed by atoms with Gasteiger partial charge in [0.05, 0.1) is 33.6 Å². The second-order valence-corrected chi connectivity index (χ2v) is 14.3. The summed E-state index contributed by atoms with van der Waals surface area (Å²) >= 11 is 1.02. The molecule has 1 atom stereocenters. The van der Waals surface area contributed by atoms with Crippen LogP contribution >= 0.6 is 11.3 Å². The van der Waals surface area contributed by atoms with Gasteiger partial charge in [0.15, 0.2) is 5.58 Å². The third kappa shape index (κ3) is 5.59. The average Bonchev–Trinajstić information content (AvgIpc) is 3.49. The van der Waals surface area contributed by atoms with Crippen molar-refractivity contribution in [1.82, 2.24) is 9.29 Å². The Kier molecular flexibility index (Phi) is 7.41. The van der Waals surface area contributed by atoms with E-state index >= 15 is 0 Å². The third-order valence-corrected chi connectivity index (χ3v) is 10.1. The van der Waals surface area contributed by atoms with Crippen molar-refractivity contribution >= 4 is 50.0 Å². The van der Waals surface area contributed by atoms with Gasteiger partial charge in [0.1, 0.15) is 4.88 Å². The zero-order valence-electron chi connectivity index (χ0n) is 22.5. The first-order valence-electron chi connectivity index (χ1n) is 13.2. The van der Waals surface area contributed by atoms with Crippen molar-refractivity contribution in [3.8, 4) is 11.8 Å². The first kappa shape index (κ1) is 28.1. The molecule has 1 saturated carbocycles. The van der Waals surface area contributed by atoms with Crippen LogP contribution in [0.15, 0.2) is 38.4 Å². The molecule has 212 valence electrons. The van der Waals surface area contributed by atoms with Gasteiger partial charge in [-0.1, -0.05) is 31.1 Å². The average molecular weight is 586 g/mol. The molecular formula is C28H31N3O7S2. The lowest BCUT2D eigenvalue weighted by atomic mass is 9.82. The first-order valence-corrected chi connectivity index (χ1v) is 15.4. The number of fused-ring (bicyclic) bond motifs is 1. The van der Waals surface area contributed by atoms with E-state index in [-0.39, 0.29) is 44.4 Å². The van der Waals surface area contributed by atoms with Crippen molar-refractivity contribution in [2.45, 2.75) is 63.8 Å². The molecule has 3 heterocycles. The lowest BCUT2D eigenvalue weighted by Crippen LogP contribution is -2.60. The molecule has 12 heteroatoms. The Labute approximate surface area is 236 Å². The first-order chi connectivity index (χ1) is 18.8. The van der Waals surface area contributed by atoms with Crippen LogP contribution in [0.4, 0.5) is 5.69 Å². The van der Waals surface area contributed by atoms with Crippen molar-refractivity contribution in [3.63, 3.8) is 0 Å². The van der Waals surface area contributed by atoms with Crippen LogP contribution < -0.4 is 10.7 Å². The van der Waals surface area contributed by atoms with Crippen LogP contribution in [0.25, 0.3) is 11.1 Å². The summed E-state index contributed by atoms with van der Waals surface area (Å²) in [5.41, 5.74) is 0.452. The molecule has 1 saturated heterocycles. The molecule has 1 aliphatic carbocycles. The molecule has 10 nitrogen and oxygen atoms in total. The van der Waals surface area contributed by atoms with E-state index in [0.717, 1.165) is 47.7 Å². The molecule has 2 fully saturated rings. The summed E-state index contributed by atoms with van der Waals surface area (Å²) in [6.45, 7) is 5.45. The summed E-state index contributed by atoms with van der Waals surface area (Å²) in [6.07, 6.45) is 4.60. The highest BCUT2D eigenvalue weighted by Gasteiger charge is 2.44. The Balaban J connectivity index is 1.54. The van der Waals surface area contributed by atoms with Gasteiger partial charge in [0.2, 0.25) is 15.9 Å². The number of carbonyl (C=O) groups is 2. The van der Waals surface area contributed by atoms with Crippen molar-refractivity contribution in [2.24, 2.45) is 11.3 Å². The number of aromatic nitrogens is 1. The third-order valence-electron chi connectivity index (χ3n) is 7.25. The Morgan fingerprint density at radius 2 is 1.88 bits per heavy atom. The number of hydrogen-bond acceptors (Lipinski definition) is 7. The largest absolute Gasteiger partial charge is 0.477 e. The minimum absolute atomic E-state index is 0.00839. The number of hydrogen-bond donors (Lipinski definition) is 2. The predicted octanol–water partition coefficient (Wildman–Crippen LogP) is 4.26. The fraction of sp³-hybridized carbons (Fsp3) is 0.464. The predicted molar refractivity (Wildman–Crippen MR) is 151 cm³/mol. The van der Waals surface area contributed by atoms with E-state index in [2.05, 4.69) is 16.8 Å². The Morgan fingerprint density at radius 1 is 1.15 bits per heavy atom. The molecule has 0 spiro atoms. The number of H-pyrrole nitrogens is 1. The fourth-order valence-corrected chi connectivity index (χ4v) is 7.68. The van der Waals surface area contributed by atoms with E-state index in [4.69, 9.17) is 4.42 Å². The number of benzene rings is 1. The van der Waals surface area contributed by atoms with Crippen LogP contribution in [0.5, 0.6) is 0 Å². The number of sulfonamides is 1. The van der Waals surface area contributed by atoms with Crippen molar-refractivity contribution < 1.29 is 27.5 Å². The van der Waals surface area contributed by atoms with Crippen molar-refractivity contribution in [1.29, 1.82) is 0 Å². The van der Waals surface area contributed by atoms with Gasteiger partial charge in [0, 0.05) is 12.0 Å². The van der Waals surface area contributed by atoms with E-state index in [1.807, 2.05) is 20.8 Å². The number of oxazole rings is 1. The molecule has 1 amide bonds. The van der Waals surface area contributed by atoms with Gasteiger partial charge in [0.25, 0.3) is 0 Å². The van der Waals surface area contributed by atoms with Gasteiger partial charge in [-0.25, -0.2) is 18.0 Å². The maximum absolute atomic E-state index is 13.8. The second-order valence-electron chi connectivity index (χ2n) is 11.3. The molecule has 40 heavy (non-hydrogen) atoms. The van der Waals surface area contributed by atoms with Crippen LogP contribution in [0, 0.1) is 23.2 Å². The normalized spacial score (nSPS) is 19.5. The highest BCUT2D eigenvalue weighted by atomic mass is 32.2. The van der Waals surface area contributed by atoms with Crippen LogP contribution in [-0.4, -0.2) is 53.8 Å². The number of nitrogens with zero attached hydrogens (tertiary/aromatic N) is 2. The van der Waals surface area contributed by atoms with E-state index in [1.165, 1.54) is 23.1 Å². The molecule has 1 aromatic carbocycles. The number of rotatable bonds is 5. The summed E-state index contributed by atoms with van der Waals surface area (Å²) in [5, 5.41) is 10.0. The smallest absolute Gasteiger partial charge is 0.417 e. The van der Waals surface area contributed by atoms with Crippen LogP contribution in [0.3, 0.4) is 0 Å². The number of piperazine rings is 1. The van der Waals surface area contributed by atoms with E-state index in [1.54, 1.807) is 6.07 Å². The summed E-state index contributed by atoms with van der Waals surface area (Å²) in [4.78, 5) is 42.1. The van der Waals surface area contributed by atoms with Gasteiger partial charge < -0.3 is 14.4 Å². The van der Waals surface area contributed by atoms with E-state index < -0.39 is 40.2 Å². The highest BCUT2D eigenvalue weighted by Crippen LogP contribution is 2.39. The number of anilines is 1. The minimum Gasteiger partial charge on any atom is -0.477 e. The fourth-order valence-electron chi connectivity index (χ4n) is 5.41. The van der Waals surface area contributed by atoms with Gasteiger partial charge in [-0.05, 0) is 63.8 Å². The van der Waals surface area contributed by atoms with E-state index in [9.17, 15) is 27.9 Å². The molecular weight excluding hydrogens is 554 g/mol. The number of amides is 1. The van der Waals surface area contributed by atoms with Gasteiger partial charge in [-0.2, -0.15) is 4.31 Å².